The predicted molar refractivity (Wildman–Crippen MR) is 281 cm³/mol. The first-order valence-corrected chi connectivity index (χ1v) is 23.3. The molecule has 1 aliphatic rings. The van der Waals surface area contributed by atoms with E-state index in [1.807, 2.05) is 6.07 Å². The summed E-state index contributed by atoms with van der Waals surface area (Å²) < 4.78 is 14.3. The van der Waals surface area contributed by atoms with E-state index in [0.717, 1.165) is 88.6 Å². The Morgan fingerprint density at radius 3 is 1.76 bits per heavy atom. The molecule has 0 saturated heterocycles. The Morgan fingerprint density at radius 1 is 0.338 bits per heavy atom. The summed E-state index contributed by atoms with van der Waals surface area (Å²) in [5.74, 6) is 0. The van der Waals surface area contributed by atoms with E-state index in [2.05, 4.69) is 248 Å². The van der Waals surface area contributed by atoms with Crippen LogP contribution in [-0.4, -0.2) is 0 Å². The van der Waals surface area contributed by atoms with Crippen LogP contribution in [0.2, 0.25) is 0 Å². The molecule has 68 heavy (non-hydrogen) atoms. The molecule has 0 saturated carbocycles. The zero-order valence-corrected chi connectivity index (χ0v) is 36.9. The highest BCUT2D eigenvalue weighted by atomic mass is 16.3. The molecule has 0 unspecified atom stereocenters. The van der Waals surface area contributed by atoms with Gasteiger partial charge in [0.05, 0.1) is 11.1 Å². The molecule has 3 heteroatoms. The second-order valence-electron chi connectivity index (χ2n) is 17.9. The Kier molecular flexibility index (Phi) is 8.50. The number of rotatable bonds is 7. The van der Waals surface area contributed by atoms with Gasteiger partial charge in [0, 0.05) is 38.5 Å². The van der Waals surface area contributed by atoms with Crippen LogP contribution in [0.3, 0.4) is 0 Å². The van der Waals surface area contributed by atoms with Crippen molar-refractivity contribution in [2.24, 2.45) is 0 Å². The third-order valence-corrected chi connectivity index (χ3v) is 14.3. The summed E-state index contributed by atoms with van der Waals surface area (Å²) in [4.78, 5) is 2.40. The number of hydrogen-bond acceptors (Lipinski definition) is 3. The molecule has 14 rings (SSSR count). The summed E-state index contributed by atoms with van der Waals surface area (Å²) in [6.07, 6.45) is 0. The third-order valence-electron chi connectivity index (χ3n) is 14.3. The van der Waals surface area contributed by atoms with Crippen LogP contribution in [-0.2, 0) is 5.41 Å². The first-order valence-electron chi connectivity index (χ1n) is 23.3. The first kappa shape index (κ1) is 38.4. The second kappa shape index (κ2) is 15.1. The molecule has 0 fully saturated rings. The number of furan rings is 2. The van der Waals surface area contributed by atoms with Crippen molar-refractivity contribution in [1.29, 1.82) is 0 Å². The molecule has 0 spiro atoms. The lowest BCUT2D eigenvalue weighted by molar-refractivity contribution is 0.665. The molecule has 0 N–H and O–H groups in total. The summed E-state index contributed by atoms with van der Waals surface area (Å²) in [6, 6.07) is 89.9. The van der Waals surface area contributed by atoms with Gasteiger partial charge in [-0.3, -0.25) is 0 Å². The van der Waals surface area contributed by atoms with E-state index in [9.17, 15) is 0 Å². The van der Waals surface area contributed by atoms with Gasteiger partial charge in [-0.05, 0) is 103 Å². The smallest absolute Gasteiger partial charge is 0.159 e. The van der Waals surface area contributed by atoms with Gasteiger partial charge in [-0.15, -0.1) is 0 Å². The molecule has 11 aromatic carbocycles. The minimum atomic E-state index is -0.572. The molecule has 3 nitrogen and oxygen atoms in total. The number of anilines is 3. The number of hydrogen-bond donors (Lipinski definition) is 0. The van der Waals surface area contributed by atoms with Gasteiger partial charge in [0.2, 0.25) is 0 Å². The number of nitrogens with zero attached hydrogens (tertiary/aromatic N) is 1. The van der Waals surface area contributed by atoms with E-state index in [4.69, 9.17) is 8.83 Å². The van der Waals surface area contributed by atoms with Crippen LogP contribution in [0.25, 0.3) is 88.0 Å². The molecule has 0 atom stereocenters. The molecule has 0 bridgehead atoms. The first-order chi connectivity index (χ1) is 33.7. The van der Waals surface area contributed by atoms with Crippen LogP contribution in [0, 0.1) is 0 Å². The summed E-state index contributed by atoms with van der Waals surface area (Å²) in [7, 11) is 0. The van der Waals surface area contributed by atoms with Gasteiger partial charge in [-0.2, -0.15) is 0 Å². The van der Waals surface area contributed by atoms with Gasteiger partial charge in [0.1, 0.15) is 16.7 Å². The van der Waals surface area contributed by atoms with Crippen LogP contribution in [0.4, 0.5) is 17.1 Å². The third kappa shape index (κ3) is 5.60. The average Bonchev–Trinajstić information content (AvgIpc) is 4.07. The maximum Gasteiger partial charge on any atom is 0.159 e. The summed E-state index contributed by atoms with van der Waals surface area (Å²) >= 11 is 0. The van der Waals surface area contributed by atoms with Gasteiger partial charge in [-0.25, -0.2) is 0 Å². The fraction of sp³-hybridized carbons (Fsp3) is 0.0154. The fourth-order valence-corrected chi connectivity index (χ4v) is 11.5. The monoisotopic (exact) mass is 867 g/mol. The molecule has 0 radical (unpaired) electrons. The van der Waals surface area contributed by atoms with E-state index < -0.39 is 5.41 Å². The Hall–Kier alpha value is -8.92. The standard InChI is InChI=1S/C65H41NO2/c1-4-19-42(20-5-1)44-23-16-28-47(39-44)66(48-37-38-51-50-30-12-14-34-56(50)65(57(51)40-48,45-24-6-2-7-25-45)46-26-8-3-9-27-46)58-35-18-33-53-55-41-60-61(54-31-13-15-36-59(54)67-60)62(64(55)68-63(53)58)52-32-17-22-43-21-10-11-29-49(43)52/h1-41H. The number of benzene rings is 11. The van der Waals surface area contributed by atoms with E-state index >= 15 is 0 Å². The van der Waals surface area contributed by atoms with Gasteiger partial charge in [-0.1, -0.05) is 206 Å². The zero-order valence-electron chi connectivity index (χ0n) is 36.9. The molecule has 1 aliphatic carbocycles. The highest BCUT2D eigenvalue weighted by Crippen LogP contribution is 2.58. The van der Waals surface area contributed by atoms with Crippen LogP contribution in [0.15, 0.2) is 258 Å². The van der Waals surface area contributed by atoms with Crippen molar-refractivity contribution in [3.05, 3.63) is 271 Å². The minimum absolute atomic E-state index is 0.572. The van der Waals surface area contributed by atoms with Crippen LogP contribution in [0.1, 0.15) is 22.3 Å². The fourth-order valence-electron chi connectivity index (χ4n) is 11.5. The lowest BCUT2D eigenvalue weighted by Crippen LogP contribution is -2.28. The van der Waals surface area contributed by atoms with Crippen molar-refractivity contribution < 1.29 is 8.83 Å². The van der Waals surface area contributed by atoms with Gasteiger partial charge in [0.25, 0.3) is 0 Å². The van der Waals surface area contributed by atoms with Crippen LogP contribution in [0.5, 0.6) is 0 Å². The largest absolute Gasteiger partial charge is 0.456 e. The maximum absolute atomic E-state index is 7.52. The maximum atomic E-state index is 7.52. The summed E-state index contributed by atoms with van der Waals surface area (Å²) in [5, 5.41) is 6.47. The van der Waals surface area contributed by atoms with Gasteiger partial charge < -0.3 is 13.7 Å². The average molecular weight is 868 g/mol. The molecular weight excluding hydrogens is 827 g/mol. The Balaban J connectivity index is 1.08. The van der Waals surface area contributed by atoms with Crippen LogP contribution >= 0.6 is 0 Å². The molecule has 2 aromatic heterocycles. The van der Waals surface area contributed by atoms with Gasteiger partial charge in [0.15, 0.2) is 5.58 Å². The topological polar surface area (TPSA) is 29.5 Å². The SMILES string of the molecule is c1ccc(-c2cccc(N(c3ccc4c(c3)C(c3ccccc3)(c3ccccc3)c3ccccc3-4)c3cccc4c3oc3c(-c5cccc6ccccc56)c5c(cc34)oc3ccccc35)c2)cc1. The van der Waals surface area contributed by atoms with E-state index in [-0.39, 0.29) is 0 Å². The minimum Gasteiger partial charge on any atom is -0.456 e. The Bertz CT molecular complexity index is 4050. The number of para-hydroxylation sites is 2. The molecule has 13 aromatic rings. The Labute approximate surface area is 393 Å². The zero-order chi connectivity index (χ0) is 44.8. The lowest BCUT2D eigenvalue weighted by Gasteiger charge is -2.35. The summed E-state index contributed by atoms with van der Waals surface area (Å²) in [5.41, 5.74) is 17.6. The number of fused-ring (bicyclic) bond motifs is 10. The van der Waals surface area contributed by atoms with E-state index in [1.165, 1.54) is 38.8 Å². The van der Waals surface area contributed by atoms with E-state index in [1.54, 1.807) is 0 Å². The van der Waals surface area contributed by atoms with Crippen molar-refractivity contribution in [1.82, 2.24) is 0 Å². The quantitative estimate of drug-likeness (QED) is 0.160. The Morgan fingerprint density at radius 2 is 0.941 bits per heavy atom. The van der Waals surface area contributed by atoms with Crippen molar-refractivity contribution in [3.8, 4) is 33.4 Å². The summed E-state index contributed by atoms with van der Waals surface area (Å²) in [6.45, 7) is 0. The predicted octanol–water partition coefficient (Wildman–Crippen LogP) is 17.8. The van der Waals surface area contributed by atoms with E-state index in [0.29, 0.717) is 0 Å². The normalized spacial score (nSPS) is 12.8. The van der Waals surface area contributed by atoms with Crippen molar-refractivity contribution >= 4 is 71.7 Å². The highest BCUT2D eigenvalue weighted by Gasteiger charge is 2.46. The molecule has 2 heterocycles. The molecule has 0 amide bonds. The van der Waals surface area contributed by atoms with Gasteiger partial charge >= 0.3 is 0 Å². The van der Waals surface area contributed by atoms with Crippen molar-refractivity contribution in [2.45, 2.75) is 5.41 Å². The highest BCUT2D eigenvalue weighted by molar-refractivity contribution is 6.26. The second-order valence-corrected chi connectivity index (χ2v) is 17.9. The molecule has 318 valence electrons. The van der Waals surface area contributed by atoms with Crippen molar-refractivity contribution in [2.75, 3.05) is 4.90 Å². The van der Waals surface area contributed by atoms with Crippen LogP contribution < -0.4 is 4.90 Å². The lowest BCUT2D eigenvalue weighted by atomic mass is 9.67. The molecule has 0 aliphatic heterocycles. The van der Waals surface area contributed by atoms with Crippen molar-refractivity contribution in [3.63, 3.8) is 0 Å². The molecular formula is C65H41NO2.